The van der Waals surface area contributed by atoms with Crippen LogP contribution in [0.2, 0.25) is 0 Å². The van der Waals surface area contributed by atoms with E-state index in [0.717, 1.165) is 11.3 Å². The lowest BCUT2D eigenvalue weighted by molar-refractivity contribution is 0.102. The molecule has 2 aromatic rings. The summed E-state index contributed by atoms with van der Waals surface area (Å²) in [6.45, 7) is 3.74. The first-order valence-corrected chi connectivity index (χ1v) is 5.68. The van der Waals surface area contributed by atoms with Gasteiger partial charge < -0.3 is 11.1 Å². The van der Waals surface area contributed by atoms with Crippen molar-refractivity contribution in [3.8, 4) is 0 Å². The zero-order chi connectivity index (χ0) is 13.1. The molecule has 1 heterocycles. The van der Waals surface area contributed by atoms with E-state index >= 15 is 0 Å². The molecule has 0 bridgehead atoms. The van der Waals surface area contributed by atoms with Gasteiger partial charge in [-0.15, -0.1) is 0 Å². The van der Waals surface area contributed by atoms with E-state index in [1.807, 2.05) is 38.1 Å². The number of aryl methyl sites for hydroxylation is 2. The molecule has 0 aliphatic rings. The third kappa shape index (κ3) is 2.48. The van der Waals surface area contributed by atoms with Crippen LogP contribution in [0.5, 0.6) is 0 Å². The van der Waals surface area contributed by atoms with Crippen LogP contribution in [0, 0.1) is 13.8 Å². The van der Waals surface area contributed by atoms with Crippen LogP contribution >= 0.6 is 0 Å². The summed E-state index contributed by atoms with van der Waals surface area (Å²) in [5.74, 6) is 0.287. The fourth-order valence-corrected chi connectivity index (χ4v) is 1.67. The standard InChI is InChI=1S/C14H15N3O/c1-9-5-3-7-11(13(9)15)14(18)17-12-8-4-6-10(2)16-12/h3-8H,15H2,1-2H3,(H,16,17,18). The smallest absolute Gasteiger partial charge is 0.258 e. The van der Waals surface area contributed by atoms with Crippen molar-refractivity contribution in [2.24, 2.45) is 0 Å². The first-order valence-electron chi connectivity index (χ1n) is 5.68. The molecule has 1 aromatic heterocycles. The molecule has 1 aromatic carbocycles. The zero-order valence-electron chi connectivity index (χ0n) is 10.4. The number of benzene rings is 1. The number of anilines is 2. The van der Waals surface area contributed by atoms with Gasteiger partial charge in [0.2, 0.25) is 0 Å². The number of carbonyl (C=O) groups is 1. The topological polar surface area (TPSA) is 68.0 Å². The molecule has 0 saturated carbocycles. The molecular weight excluding hydrogens is 226 g/mol. The molecule has 4 nitrogen and oxygen atoms in total. The van der Waals surface area contributed by atoms with E-state index < -0.39 is 0 Å². The quantitative estimate of drug-likeness (QED) is 0.794. The zero-order valence-corrected chi connectivity index (χ0v) is 10.4. The third-order valence-electron chi connectivity index (χ3n) is 2.70. The summed E-state index contributed by atoms with van der Waals surface area (Å²) < 4.78 is 0. The number of nitrogen functional groups attached to an aromatic ring is 1. The Bertz CT molecular complexity index is 593. The minimum absolute atomic E-state index is 0.241. The number of carbonyl (C=O) groups excluding carboxylic acids is 1. The van der Waals surface area contributed by atoms with Crippen molar-refractivity contribution in [1.82, 2.24) is 4.98 Å². The van der Waals surface area contributed by atoms with Gasteiger partial charge in [0, 0.05) is 11.4 Å². The van der Waals surface area contributed by atoms with Crippen molar-refractivity contribution in [2.45, 2.75) is 13.8 Å². The highest BCUT2D eigenvalue weighted by molar-refractivity contribution is 6.07. The predicted octanol–water partition coefficient (Wildman–Crippen LogP) is 2.53. The molecule has 0 fully saturated rings. The van der Waals surface area contributed by atoms with Gasteiger partial charge in [-0.1, -0.05) is 18.2 Å². The maximum Gasteiger partial charge on any atom is 0.258 e. The molecule has 92 valence electrons. The van der Waals surface area contributed by atoms with Gasteiger partial charge in [0.05, 0.1) is 5.56 Å². The van der Waals surface area contributed by atoms with E-state index in [9.17, 15) is 4.79 Å². The number of pyridine rings is 1. The number of hydrogen-bond donors (Lipinski definition) is 2. The molecule has 0 radical (unpaired) electrons. The molecule has 0 aliphatic heterocycles. The van der Waals surface area contributed by atoms with Gasteiger partial charge in [-0.25, -0.2) is 4.98 Å². The van der Waals surface area contributed by atoms with Crippen LogP contribution in [0.1, 0.15) is 21.6 Å². The molecule has 2 rings (SSSR count). The van der Waals surface area contributed by atoms with Crippen LogP contribution in [0.4, 0.5) is 11.5 Å². The van der Waals surface area contributed by atoms with Gasteiger partial charge in [0.25, 0.3) is 5.91 Å². The fourth-order valence-electron chi connectivity index (χ4n) is 1.67. The molecule has 3 N–H and O–H groups in total. The third-order valence-corrected chi connectivity index (χ3v) is 2.70. The Morgan fingerprint density at radius 1 is 1.17 bits per heavy atom. The van der Waals surface area contributed by atoms with Crippen molar-refractivity contribution in [3.63, 3.8) is 0 Å². The molecule has 0 spiro atoms. The van der Waals surface area contributed by atoms with Gasteiger partial charge >= 0.3 is 0 Å². The van der Waals surface area contributed by atoms with Gasteiger partial charge in [-0.3, -0.25) is 4.79 Å². The van der Waals surface area contributed by atoms with Crippen molar-refractivity contribution in [2.75, 3.05) is 11.1 Å². The number of aromatic nitrogens is 1. The summed E-state index contributed by atoms with van der Waals surface area (Å²) in [7, 11) is 0. The Morgan fingerprint density at radius 2 is 1.89 bits per heavy atom. The summed E-state index contributed by atoms with van der Waals surface area (Å²) in [6, 6.07) is 10.8. The Morgan fingerprint density at radius 3 is 2.61 bits per heavy atom. The van der Waals surface area contributed by atoms with E-state index in [1.165, 1.54) is 0 Å². The van der Waals surface area contributed by atoms with Crippen molar-refractivity contribution in [3.05, 3.63) is 53.2 Å². The number of nitrogens with one attached hydrogen (secondary N) is 1. The van der Waals surface area contributed by atoms with E-state index in [1.54, 1.807) is 12.1 Å². The second-order valence-electron chi connectivity index (χ2n) is 4.15. The fraction of sp³-hybridized carbons (Fsp3) is 0.143. The molecule has 0 unspecified atom stereocenters. The average Bonchev–Trinajstić information content (AvgIpc) is 2.32. The van der Waals surface area contributed by atoms with Crippen LogP contribution in [0.25, 0.3) is 0 Å². The highest BCUT2D eigenvalue weighted by Gasteiger charge is 2.11. The molecule has 0 saturated heterocycles. The molecular formula is C14H15N3O. The predicted molar refractivity (Wildman–Crippen MR) is 72.5 cm³/mol. The largest absolute Gasteiger partial charge is 0.398 e. The number of amides is 1. The average molecular weight is 241 g/mol. The number of nitrogens with zero attached hydrogens (tertiary/aromatic N) is 1. The van der Waals surface area contributed by atoms with Gasteiger partial charge in [0.1, 0.15) is 5.82 Å². The van der Waals surface area contributed by atoms with Gasteiger partial charge in [0.15, 0.2) is 0 Å². The molecule has 1 amide bonds. The van der Waals surface area contributed by atoms with Crippen LogP contribution in [-0.2, 0) is 0 Å². The van der Waals surface area contributed by atoms with Gasteiger partial charge in [-0.05, 0) is 37.6 Å². The molecule has 18 heavy (non-hydrogen) atoms. The van der Waals surface area contributed by atoms with E-state index in [-0.39, 0.29) is 5.91 Å². The number of nitrogens with two attached hydrogens (primary N) is 1. The lowest BCUT2D eigenvalue weighted by Gasteiger charge is -2.09. The summed E-state index contributed by atoms with van der Waals surface area (Å²) in [4.78, 5) is 16.3. The summed E-state index contributed by atoms with van der Waals surface area (Å²) in [5.41, 5.74) is 8.60. The first kappa shape index (κ1) is 12.1. The Labute approximate surface area is 106 Å². The van der Waals surface area contributed by atoms with E-state index in [2.05, 4.69) is 10.3 Å². The second-order valence-corrected chi connectivity index (χ2v) is 4.15. The van der Waals surface area contributed by atoms with Gasteiger partial charge in [-0.2, -0.15) is 0 Å². The van der Waals surface area contributed by atoms with E-state index in [0.29, 0.717) is 17.1 Å². The Kier molecular flexibility index (Phi) is 3.28. The number of rotatable bonds is 2. The Hall–Kier alpha value is -2.36. The summed E-state index contributed by atoms with van der Waals surface area (Å²) >= 11 is 0. The molecule has 0 atom stereocenters. The first-order chi connectivity index (χ1) is 8.58. The van der Waals surface area contributed by atoms with E-state index in [4.69, 9.17) is 5.73 Å². The number of hydrogen-bond acceptors (Lipinski definition) is 3. The summed E-state index contributed by atoms with van der Waals surface area (Å²) in [5, 5.41) is 2.74. The van der Waals surface area contributed by atoms with Crippen LogP contribution in [-0.4, -0.2) is 10.9 Å². The SMILES string of the molecule is Cc1cccc(NC(=O)c2cccc(C)c2N)n1. The monoisotopic (exact) mass is 241 g/mol. The second kappa shape index (κ2) is 4.87. The van der Waals surface area contributed by atoms with Crippen molar-refractivity contribution in [1.29, 1.82) is 0 Å². The highest BCUT2D eigenvalue weighted by Crippen LogP contribution is 2.17. The van der Waals surface area contributed by atoms with Crippen LogP contribution in [0.3, 0.4) is 0 Å². The molecule has 0 aliphatic carbocycles. The minimum atomic E-state index is -0.241. The Balaban J connectivity index is 2.25. The molecule has 4 heteroatoms. The maximum atomic E-state index is 12.1. The normalized spacial score (nSPS) is 10.1. The van der Waals surface area contributed by atoms with Crippen molar-refractivity contribution < 1.29 is 4.79 Å². The number of para-hydroxylation sites is 1. The van der Waals surface area contributed by atoms with Crippen LogP contribution < -0.4 is 11.1 Å². The maximum absolute atomic E-state index is 12.1. The highest BCUT2D eigenvalue weighted by atomic mass is 16.1. The minimum Gasteiger partial charge on any atom is -0.398 e. The summed E-state index contributed by atoms with van der Waals surface area (Å²) in [6.07, 6.45) is 0. The van der Waals surface area contributed by atoms with Crippen molar-refractivity contribution >= 4 is 17.4 Å². The lowest BCUT2D eigenvalue weighted by atomic mass is 10.1. The van der Waals surface area contributed by atoms with Crippen LogP contribution in [0.15, 0.2) is 36.4 Å². The lowest BCUT2D eigenvalue weighted by Crippen LogP contribution is -2.15.